The Balaban J connectivity index is 2.30. The first-order chi connectivity index (χ1) is 9.08. The van der Waals surface area contributed by atoms with Crippen molar-refractivity contribution in [2.75, 3.05) is 0 Å². The third-order valence-corrected chi connectivity index (χ3v) is 2.99. The number of urea groups is 1. The van der Waals surface area contributed by atoms with E-state index in [2.05, 4.69) is 10.5 Å². The maximum Gasteiger partial charge on any atom is 0.332 e. The molecule has 5 nitrogen and oxygen atoms in total. The molecule has 6 heteroatoms. The van der Waals surface area contributed by atoms with Crippen molar-refractivity contribution < 1.29 is 4.79 Å². The molecule has 0 spiro atoms. The molecule has 0 fully saturated rings. The summed E-state index contributed by atoms with van der Waals surface area (Å²) in [5, 5.41) is 4.43. The summed E-state index contributed by atoms with van der Waals surface area (Å²) in [6.07, 6.45) is 3.39. The molecule has 2 rings (SSSR count). The SMILES string of the molecule is Cc1ccc(-n2cccc2/C=N\NC(N)=O)cc1Cl. The van der Waals surface area contributed by atoms with E-state index in [4.69, 9.17) is 17.3 Å². The van der Waals surface area contributed by atoms with Gasteiger partial charge < -0.3 is 10.3 Å². The quantitative estimate of drug-likeness (QED) is 0.656. The number of nitrogens with zero attached hydrogens (tertiary/aromatic N) is 2. The first-order valence-corrected chi connectivity index (χ1v) is 5.98. The summed E-state index contributed by atoms with van der Waals surface area (Å²) in [5.74, 6) is 0. The highest BCUT2D eigenvalue weighted by Crippen LogP contribution is 2.20. The molecule has 0 radical (unpaired) electrons. The highest BCUT2D eigenvalue weighted by atomic mass is 35.5. The van der Waals surface area contributed by atoms with Crippen molar-refractivity contribution in [2.24, 2.45) is 10.8 Å². The molecule has 98 valence electrons. The van der Waals surface area contributed by atoms with Crippen molar-refractivity contribution >= 4 is 23.8 Å². The zero-order valence-electron chi connectivity index (χ0n) is 10.3. The molecule has 0 aliphatic carbocycles. The molecule has 3 N–H and O–H groups in total. The molecule has 0 saturated carbocycles. The second-order valence-electron chi connectivity index (χ2n) is 3.97. The normalized spacial score (nSPS) is 10.8. The predicted molar refractivity (Wildman–Crippen MR) is 75.8 cm³/mol. The molecule has 0 atom stereocenters. The third kappa shape index (κ3) is 3.14. The largest absolute Gasteiger partial charge is 0.350 e. The fourth-order valence-electron chi connectivity index (χ4n) is 1.63. The van der Waals surface area contributed by atoms with Crippen LogP contribution in [0.1, 0.15) is 11.3 Å². The van der Waals surface area contributed by atoms with Crippen LogP contribution in [-0.4, -0.2) is 16.8 Å². The smallest absolute Gasteiger partial charge is 0.332 e. The lowest BCUT2D eigenvalue weighted by Gasteiger charge is -2.08. The van der Waals surface area contributed by atoms with Gasteiger partial charge >= 0.3 is 6.03 Å². The van der Waals surface area contributed by atoms with E-state index < -0.39 is 6.03 Å². The summed E-state index contributed by atoms with van der Waals surface area (Å²) in [7, 11) is 0. The minimum absolute atomic E-state index is 0.698. The predicted octanol–water partition coefficient (Wildman–Crippen LogP) is 2.44. The van der Waals surface area contributed by atoms with Gasteiger partial charge in [-0.05, 0) is 36.8 Å². The van der Waals surface area contributed by atoms with E-state index in [1.54, 1.807) is 0 Å². The van der Waals surface area contributed by atoms with E-state index >= 15 is 0 Å². The molecule has 2 aromatic rings. The van der Waals surface area contributed by atoms with Crippen LogP contribution in [-0.2, 0) is 0 Å². The molecule has 0 saturated heterocycles. The Morgan fingerprint density at radius 1 is 1.47 bits per heavy atom. The van der Waals surface area contributed by atoms with E-state index in [9.17, 15) is 4.79 Å². The van der Waals surface area contributed by atoms with Gasteiger partial charge in [0.15, 0.2) is 0 Å². The third-order valence-electron chi connectivity index (χ3n) is 2.59. The lowest BCUT2D eigenvalue weighted by atomic mass is 10.2. The molecule has 19 heavy (non-hydrogen) atoms. The second kappa shape index (κ2) is 5.58. The van der Waals surface area contributed by atoms with Crippen molar-refractivity contribution in [1.82, 2.24) is 9.99 Å². The number of halogens is 1. The number of aryl methyl sites for hydroxylation is 1. The number of rotatable bonds is 3. The van der Waals surface area contributed by atoms with E-state index in [0.717, 1.165) is 16.9 Å². The van der Waals surface area contributed by atoms with Crippen LogP contribution < -0.4 is 11.2 Å². The number of primary amides is 1. The van der Waals surface area contributed by atoms with Crippen LogP contribution in [0.4, 0.5) is 4.79 Å². The topological polar surface area (TPSA) is 72.4 Å². The fourth-order valence-corrected chi connectivity index (χ4v) is 1.80. The average molecular weight is 277 g/mol. The van der Waals surface area contributed by atoms with Gasteiger partial charge in [-0.1, -0.05) is 17.7 Å². The summed E-state index contributed by atoms with van der Waals surface area (Å²) in [4.78, 5) is 10.5. The number of nitrogens with two attached hydrogens (primary N) is 1. The van der Waals surface area contributed by atoms with Crippen molar-refractivity contribution in [1.29, 1.82) is 0 Å². The number of hydrazone groups is 1. The minimum Gasteiger partial charge on any atom is -0.350 e. The van der Waals surface area contributed by atoms with Gasteiger partial charge in [0, 0.05) is 16.9 Å². The van der Waals surface area contributed by atoms with Crippen LogP contribution in [0.5, 0.6) is 0 Å². The molecule has 1 aromatic carbocycles. The second-order valence-corrected chi connectivity index (χ2v) is 4.38. The van der Waals surface area contributed by atoms with Gasteiger partial charge in [0.05, 0.1) is 11.9 Å². The maximum absolute atomic E-state index is 10.5. The molecule has 0 aliphatic heterocycles. The number of aromatic nitrogens is 1. The standard InChI is InChI=1S/C13H13ClN4O/c1-9-4-5-10(7-12(9)14)18-6-2-3-11(18)8-16-17-13(15)19/h2-8H,1H3,(H3,15,17,19)/b16-8-. The van der Waals surface area contributed by atoms with Crippen molar-refractivity contribution in [2.45, 2.75) is 6.92 Å². The zero-order valence-corrected chi connectivity index (χ0v) is 11.1. The van der Waals surface area contributed by atoms with Gasteiger partial charge in [0.1, 0.15) is 0 Å². The molecule has 0 aliphatic rings. The van der Waals surface area contributed by atoms with Crippen LogP contribution in [0.15, 0.2) is 41.6 Å². The van der Waals surface area contributed by atoms with Gasteiger partial charge in [-0.15, -0.1) is 0 Å². The number of carbonyl (C=O) groups is 1. The van der Waals surface area contributed by atoms with Crippen LogP contribution >= 0.6 is 11.6 Å². The van der Waals surface area contributed by atoms with Gasteiger partial charge in [-0.25, -0.2) is 10.2 Å². The van der Waals surface area contributed by atoms with Crippen molar-refractivity contribution in [3.05, 3.63) is 52.8 Å². The number of hydrogen-bond donors (Lipinski definition) is 2. The number of amides is 2. The van der Waals surface area contributed by atoms with E-state index in [1.165, 1.54) is 6.21 Å². The Labute approximate surface area is 115 Å². The molecule has 1 aromatic heterocycles. The summed E-state index contributed by atoms with van der Waals surface area (Å²) in [5.41, 5.74) is 9.82. The Morgan fingerprint density at radius 3 is 2.95 bits per heavy atom. The van der Waals surface area contributed by atoms with Gasteiger partial charge in [0.2, 0.25) is 0 Å². The minimum atomic E-state index is -0.701. The highest BCUT2D eigenvalue weighted by molar-refractivity contribution is 6.31. The van der Waals surface area contributed by atoms with Crippen LogP contribution in [0.3, 0.4) is 0 Å². The first-order valence-electron chi connectivity index (χ1n) is 5.60. The summed E-state index contributed by atoms with van der Waals surface area (Å²) >= 11 is 6.11. The Bertz CT molecular complexity index is 633. The van der Waals surface area contributed by atoms with Crippen molar-refractivity contribution in [3.8, 4) is 5.69 Å². The number of hydrogen-bond acceptors (Lipinski definition) is 2. The van der Waals surface area contributed by atoms with Crippen LogP contribution in [0, 0.1) is 6.92 Å². The first kappa shape index (κ1) is 13.2. The van der Waals surface area contributed by atoms with E-state index in [0.29, 0.717) is 5.02 Å². The van der Waals surface area contributed by atoms with Crippen LogP contribution in [0.25, 0.3) is 5.69 Å². The number of benzene rings is 1. The van der Waals surface area contributed by atoms with Crippen molar-refractivity contribution in [3.63, 3.8) is 0 Å². The van der Waals surface area contributed by atoms with E-state index in [-0.39, 0.29) is 0 Å². The summed E-state index contributed by atoms with van der Waals surface area (Å²) < 4.78 is 1.90. The van der Waals surface area contributed by atoms with Gasteiger partial charge in [-0.3, -0.25) is 0 Å². The van der Waals surface area contributed by atoms with E-state index in [1.807, 2.05) is 48.0 Å². The average Bonchev–Trinajstić information content (AvgIpc) is 2.80. The maximum atomic E-state index is 10.5. The van der Waals surface area contributed by atoms with Crippen LogP contribution in [0.2, 0.25) is 5.02 Å². The zero-order chi connectivity index (χ0) is 13.8. The Kier molecular flexibility index (Phi) is 3.87. The highest BCUT2D eigenvalue weighted by Gasteiger charge is 2.03. The Morgan fingerprint density at radius 2 is 2.26 bits per heavy atom. The Hall–Kier alpha value is -2.27. The van der Waals surface area contributed by atoms with Gasteiger partial charge in [0.25, 0.3) is 0 Å². The summed E-state index contributed by atoms with van der Waals surface area (Å²) in [6.45, 7) is 1.95. The lowest BCUT2D eigenvalue weighted by molar-refractivity contribution is 0.249. The summed E-state index contributed by atoms with van der Waals surface area (Å²) in [6, 6.07) is 8.81. The fraction of sp³-hybridized carbons (Fsp3) is 0.0769. The molecular formula is C13H13ClN4O. The molecule has 0 bridgehead atoms. The molecule has 1 heterocycles. The lowest BCUT2D eigenvalue weighted by Crippen LogP contribution is -2.24. The molecule has 0 unspecified atom stereocenters. The van der Waals surface area contributed by atoms with Gasteiger partial charge in [-0.2, -0.15) is 5.10 Å². The monoisotopic (exact) mass is 276 g/mol. The number of carbonyl (C=O) groups excluding carboxylic acids is 1. The molecular weight excluding hydrogens is 264 g/mol. The number of nitrogens with one attached hydrogen (secondary N) is 1. The molecule has 2 amide bonds.